The maximum Gasteiger partial charge on any atom is 0.173 e. The molecular weight excluding hydrogens is 360 g/mol. The Morgan fingerprint density at radius 2 is 1.93 bits per heavy atom. The van der Waals surface area contributed by atoms with Crippen molar-refractivity contribution in [2.75, 3.05) is 18.8 Å². The summed E-state index contributed by atoms with van der Waals surface area (Å²) in [5.74, 6) is 0.767. The van der Waals surface area contributed by atoms with E-state index in [9.17, 15) is 4.79 Å². The molecule has 0 radical (unpaired) electrons. The van der Waals surface area contributed by atoms with E-state index in [4.69, 9.17) is 10.5 Å². The van der Waals surface area contributed by atoms with Crippen LogP contribution in [-0.4, -0.2) is 24.5 Å². The highest BCUT2D eigenvalue weighted by atomic mass is 16.5. The largest absolute Gasteiger partial charge is 0.486 e. The third kappa shape index (κ3) is 3.25. The van der Waals surface area contributed by atoms with Gasteiger partial charge in [0.1, 0.15) is 11.4 Å². The summed E-state index contributed by atoms with van der Waals surface area (Å²) < 4.78 is 6.57. The first-order chi connectivity index (χ1) is 14.2. The number of Topliss-reactive ketones (excluding diaryl/α,β-unsaturated/α-hetero) is 1. The lowest BCUT2D eigenvalue weighted by molar-refractivity contribution is -0.0229. The van der Waals surface area contributed by atoms with Gasteiger partial charge in [0.15, 0.2) is 5.78 Å². The van der Waals surface area contributed by atoms with Crippen molar-refractivity contribution in [3.63, 3.8) is 0 Å². The number of piperidine rings is 1. The van der Waals surface area contributed by atoms with Gasteiger partial charge in [0.2, 0.25) is 0 Å². The van der Waals surface area contributed by atoms with Crippen molar-refractivity contribution in [3.8, 4) is 5.75 Å². The smallest absolute Gasteiger partial charge is 0.173 e. The number of nitrogens with two attached hydrogens (primary N) is 1. The molecule has 0 amide bonds. The molecule has 0 bridgehead atoms. The first kappa shape index (κ1) is 18.4. The number of hydrogen-bond acceptors (Lipinski definition) is 4. The SMILES string of the molecule is Nc1ccc2c(c1)C(=O)C(CCC1=CCCc3ccccc31)C1(CCNCC1)O2. The number of rotatable bonds is 3. The average Bonchev–Trinajstić information content (AvgIpc) is 2.75. The quantitative estimate of drug-likeness (QED) is 0.766. The van der Waals surface area contributed by atoms with E-state index >= 15 is 0 Å². The second-order valence-corrected chi connectivity index (χ2v) is 8.55. The molecule has 2 heterocycles. The van der Waals surface area contributed by atoms with E-state index in [2.05, 4.69) is 35.7 Å². The highest BCUT2D eigenvalue weighted by Gasteiger charge is 2.49. The van der Waals surface area contributed by atoms with Crippen LogP contribution in [0.4, 0.5) is 5.69 Å². The monoisotopic (exact) mass is 388 g/mol. The molecule has 0 saturated carbocycles. The fourth-order valence-electron chi connectivity index (χ4n) is 5.34. The number of anilines is 1. The molecule has 4 nitrogen and oxygen atoms in total. The van der Waals surface area contributed by atoms with Gasteiger partial charge < -0.3 is 15.8 Å². The molecule has 5 rings (SSSR count). The normalized spacial score (nSPS) is 22.4. The number of aryl methyl sites for hydroxylation is 1. The third-order valence-corrected chi connectivity index (χ3v) is 6.85. The minimum Gasteiger partial charge on any atom is -0.486 e. The first-order valence-corrected chi connectivity index (χ1v) is 10.8. The summed E-state index contributed by atoms with van der Waals surface area (Å²) in [5, 5.41) is 3.42. The topological polar surface area (TPSA) is 64.4 Å². The molecule has 3 aliphatic rings. The van der Waals surface area contributed by atoms with Gasteiger partial charge in [0.25, 0.3) is 0 Å². The number of ether oxygens (including phenoxy) is 1. The summed E-state index contributed by atoms with van der Waals surface area (Å²) in [7, 11) is 0. The van der Waals surface area contributed by atoms with Crippen molar-refractivity contribution < 1.29 is 9.53 Å². The second kappa shape index (κ2) is 7.34. The zero-order valence-corrected chi connectivity index (χ0v) is 16.7. The standard InChI is InChI=1S/C25H28N2O2/c26-19-9-11-23-21(16-19)24(28)22(25(29-23)12-14-27-15-13-25)10-8-18-6-3-5-17-4-1-2-7-20(17)18/h1-2,4,6-7,9,11,16,22,27H,3,5,8,10,12-15,26H2. The number of ketones is 1. The Labute approximate surface area is 172 Å². The molecule has 29 heavy (non-hydrogen) atoms. The number of nitrogens with one attached hydrogen (secondary N) is 1. The molecule has 1 spiro atoms. The molecule has 1 fully saturated rings. The first-order valence-electron chi connectivity index (χ1n) is 10.8. The number of fused-ring (bicyclic) bond motifs is 2. The minimum atomic E-state index is -0.403. The summed E-state index contributed by atoms with van der Waals surface area (Å²) in [6, 6.07) is 14.1. The molecule has 1 saturated heterocycles. The van der Waals surface area contributed by atoms with Crippen molar-refractivity contribution in [2.45, 2.75) is 44.1 Å². The van der Waals surface area contributed by atoms with Crippen LogP contribution in [0.1, 0.15) is 53.6 Å². The third-order valence-electron chi connectivity index (χ3n) is 6.85. The van der Waals surface area contributed by atoms with Crippen molar-refractivity contribution in [2.24, 2.45) is 5.92 Å². The molecule has 3 N–H and O–H groups in total. The molecule has 2 aromatic rings. The number of carbonyl (C=O) groups excluding carboxylic acids is 1. The maximum absolute atomic E-state index is 13.6. The fraction of sp³-hybridized carbons (Fsp3) is 0.400. The molecule has 2 aromatic carbocycles. The lowest BCUT2D eigenvalue weighted by Crippen LogP contribution is -2.56. The Bertz CT molecular complexity index is 973. The van der Waals surface area contributed by atoms with Crippen LogP contribution in [0.3, 0.4) is 0 Å². The van der Waals surface area contributed by atoms with Gasteiger partial charge in [-0.3, -0.25) is 4.79 Å². The van der Waals surface area contributed by atoms with Crippen molar-refractivity contribution in [1.29, 1.82) is 0 Å². The Morgan fingerprint density at radius 3 is 2.79 bits per heavy atom. The number of benzene rings is 2. The van der Waals surface area contributed by atoms with Crippen molar-refractivity contribution in [1.82, 2.24) is 5.32 Å². The molecule has 1 atom stereocenters. The van der Waals surface area contributed by atoms with E-state index in [-0.39, 0.29) is 11.7 Å². The molecule has 150 valence electrons. The highest BCUT2D eigenvalue weighted by Crippen LogP contribution is 2.45. The van der Waals surface area contributed by atoms with E-state index in [1.807, 2.05) is 12.1 Å². The predicted molar refractivity (Wildman–Crippen MR) is 116 cm³/mol. The molecule has 1 unspecified atom stereocenters. The Hall–Kier alpha value is -2.59. The summed E-state index contributed by atoms with van der Waals surface area (Å²) >= 11 is 0. The molecular formula is C25H28N2O2. The molecule has 2 aliphatic heterocycles. The summed E-state index contributed by atoms with van der Waals surface area (Å²) in [5.41, 5.74) is 11.0. The lowest BCUT2D eigenvalue weighted by atomic mass is 9.71. The minimum absolute atomic E-state index is 0.131. The van der Waals surface area contributed by atoms with E-state index < -0.39 is 5.60 Å². The van der Waals surface area contributed by atoms with Gasteiger partial charge in [-0.25, -0.2) is 0 Å². The zero-order chi connectivity index (χ0) is 19.8. The van der Waals surface area contributed by atoms with Gasteiger partial charge in [0, 0.05) is 18.5 Å². The number of allylic oxidation sites excluding steroid dienone is 2. The molecule has 0 aromatic heterocycles. The van der Waals surface area contributed by atoms with E-state index in [0.29, 0.717) is 17.0 Å². The summed E-state index contributed by atoms with van der Waals surface area (Å²) in [6.07, 6.45) is 7.99. The number of nitrogen functional groups attached to an aromatic ring is 1. The van der Waals surface area contributed by atoms with Gasteiger partial charge in [-0.1, -0.05) is 30.3 Å². The van der Waals surface area contributed by atoms with E-state index in [1.54, 1.807) is 6.07 Å². The van der Waals surface area contributed by atoms with Gasteiger partial charge in [-0.05, 0) is 73.7 Å². The van der Waals surface area contributed by atoms with Gasteiger partial charge >= 0.3 is 0 Å². The number of carbonyl (C=O) groups is 1. The van der Waals surface area contributed by atoms with Crippen LogP contribution in [0.15, 0.2) is 48.5 Å². The van der Waals surface area contributed by atoms with Crippen LogP contribution in [0.5, 0.6) is 5.75 Å². The fourth-order valence-corrected chi connectivity index (χ4v) is 5.34. The van der Waals surface area contributed by atoms with Crippen LogP contribution < -0.4 is 15.8 Å². The lowest BCUT2D eigenvalue weighted by Gasteiger charge is -2.46. The van der Waals surface area contributed by atoms with Crippen LogP contribution in [0, 0.1) is 5.92 Å². The van der Waals surface area contributed by atoms with Crippen LogP contribution in [0.25, 0.3) is 5.57 Å². The molecule has 1 aliphatic carbocycles. The summed E-state index contributed by atoms with van der Waals surface area (Å²) in [6.45, 7) is 1.78. The Morgan fingerprint density at radius 1 is 1.10 bits per heavy atom. The van der Waals surface area contributed by atoms with E-state index in [1.165, 1.54) is 16.7 Å². The van der Waals surface area contributed by atoms with Crippen LogP contribution in [0.2, 0.25) is 0 Å². The Kier molecular flexibility index (Phi) is 4.67. The zero-order valence-electron chi connectivity index (χ0n) is 16.7. The number of hydrogen-bond donors (Lipinski definition) is 2. The van der Waals surface area contributed by atoms with E-state index in [0.717, 1.165) is 51.6 Å². The van der Waals surface area contributed by atoms with Crippen LogP contribution >= 0.6 is 0 Å². The van der Waals surface area contributed by atoms with Crippen molar-refractivity contribution >= 4 is 17.0 Å². The summed E-state index contributed by atoms with van der Waals surface area (Å²) in [4.78, 5) is 13.6. The Balaban J connectivity index is 1.45. The van der Waals surface area contributed by atoms with Crippen LogP contribution in [-0.2, 0) is 6.42 Å². The maximum atomic E-state index is 13.6. The molecule has 4 heteroatoms. The average molecular weight is 389 g/mol. The predicted octanol–water partition coefficient (Wildman–Crippen LogP) is 4.39. The van der Waals surface area contributed by atoms with Crippen molar-refractivity contribution in [3.05, 3.63) is 65.2 Å². The second-order valence-electron chi connectivity index (χ2n) is 8.55. The van der Waals surface area contributed by atoms with Gasteiger partial charge in [0.05, 0.1) is 11.5 Å². The van der Waals surface area contributed by atoms with Gasteiger partial charge in [-0.15, -0.1) is 0 Å². The highest BCUT2D eigenvalue weighted by molar-refractivity contribution is 6.03. The van der Waals surface area contributed by atoms with Gasteiger partial charge in [-0.2, -0.15) is 0 Å².